The molecule has 0 bridgehead atoms. The van der Waals surface area contributed by atoms with Crippen LogP contribution in [0.4, 0.5) is 5.82 Å². The maximum Gasteiger partial charge on any atom is 0.133 e. The van der Waals surface area contributed by atoms with E-state index in [1.54, 1.807) is 0 Å². The Balaban J connectivity index is 2.16. The van der Waals surface area contributed by atoms with Crippen molar-refractivity contribution >= 4 is 5.82 Å². The van der Waals surface area contributed by atoms with E-state index in [0.717, 1.165) is 37.9 Å². The Morgan fingerprint density at radius 2 is 2.05 bits per heavy atom. The van der Waals surface area contributed by atoms with Crippen LogP contribution < -0.4 is 10.2 Å². The van der Waals surface area contributed by atoms with Crippen molar-refractivity contribution in [2.45, 2.75) is 40.2 Å². The molecule has 2 rings (SSSR count). The molecule has 1 aromatic rings. The van der Waals surface area contributed by atoms with E-state index in [1.807, 2.05) is 12.3 Å². The first-order valence-corrected chi connectivity index (χ1v) is 7.56. The first kappa shape index (κ1) is 14.3. The number of pyridine rings is 1. The SMILES string of the molecule is CCCNC(C)c1cccnc1N1CC(C)C(C)C1. The van der Waals surface area contributed by atoms with E-state index in [1.165, 1.54) is 11.4 Å². The third kappa shape index (κ3) is 3.27. The second-order valence-electron chi connectivity index (χ2n) is 5.95. The minimum Gasteiger partial charge on any atom is -0.356 e. The van der Waals surface area contributed by atoms with Crippen molar-refractivity contribution in [3.63, 3.8) is 0 Å². The summed E-state index contributed by atoms with van der Waals surface area (Å²) in [6.07, 6.45) is 3.08. The van der Waals surface area contributed by atoms with Gasteiger partial charge in [0.15, 0.2) is 0 Å². The number of hydrogen-bond acceptors (Lipinski definition) is 3. The van der Waals surface area contributed by atoms with Crippen molar-refractivity contribution in [2.75, 3.05) is 24.5 Å². The third-order valence-corrected chi connectivity index (χ3v) is 4.27. The van der Waals surface area contributed by atoms with Crippen molar-refractivity contribution < 1.29 is 0 Å². The number of hydrogen-bond donors (Lipinski definition) is 1. The fourth-order valence-electron chi connectivity index (χ4n) is 2.79. The van der Waals surface area contributed by atoms with E-state index in [9.17, 15) is 0 Å². The largest absolute Gasteiger partial charge is 0.356 e. The Hall–Kier alpha value is -1.09. The van der Waals surface area contributed by atoms with E-state index >= 15 is 0 Å². The number of nitrogens with zero attached hydrogens (tertiary/aromatic N) is 2. The standard InChI is InChI=1S/C16H27N3/c1-5-8-17-14(4)15-7-6-9-18-16(15)19-10-12(2)13(3)11-19/h6-7,9,12-14,17H,5,8,10-11H2,1-4H3. The molecule has 3 atom stereocenters. The van der Waals surface area contributed by atoms with Crippen LogP contribution in [-0.4, -0.2) is 24.6 Å². The fraction of sp³-hybridized carbons (Fsp3) is 0.688. The lowest BCUT2D eigenvalue weighted by Crippen LogP contribution is -2.26. The van der Waals surface area contributed by atoms with E-state index < -0.39 is 0 Å². The van der Waals surface area contributed by atoms with Gasteiger partial charge in [0.2, 0.25) is 0 Å². The van der Waals surface area contributed by atoms with E-state index in [-0.39, 0.29) is 0 Å². The quantitative estimate of drug-likeness (QED) is 0.882. The van der Waals surface area contributed by atoms with Crippen molar-refractivity contribution in [3.05, 3.63) is 23.9 Å². The van der Waals surface area contributed by atoms with Crippen LogP contribution in [0.3, 0.4) is 0 Å². The molecule has 0 aromatic carbocycles. The van der Waals surface area contributed by atoms with Gasteiger partial charge >= 0.3 is 0 Å². The van der Waals surface area contributed by atoms with Gasteiger partial charge in [0.1, 0.15) is 5.82 Å². The molecule has 2 heterocycles. The molecule has 19 heavy (non-hydrogen) atoms. The smallest absolute Gasteiger partial charge is 0.133 e. The van der Waals surface area contributed by atoms with Gasteiger partial charge in [0, 0.05) is 30.9 Å². The molecule has 1 aliphatic heterocycles. The van der Waals surface area contributed by atoms with Crippen molar-refractivity contribution in [2.24, 2.45) is 11.8 Å². The maximum absolute atomic E-state index is 4.64. The lowest BCUT2D eigenvalue weighted by atomic mass is 10.0. The highest BCUT2D eigenvalue weighted by molar-refractivity contribution is 5.49. The predicted octanol–water partition coefficient (Wildman–Crippen LogP) is 3.23. The van der Waals surface area contributed by atoms with Crippen LogP contribution in [0.2, 0.25) is 0 Å². The van der Waals surface area contributed by atoms with E-state index in [2.05, 4.69) is 49.0 Å². The molecular weight excluding hydrogens is 234 g/mol. The Bertz CT molecular complexity index is 395. The lowest BCUT2D eigenvalue weighted by Gasteiger charge is -2.24. The Labute approximate surface area is 117 Å². The van der Waals surface area contributed by atoms with Crippen LogP contribution in [0.15, 0.2) is 18.3 Å². The predicted molar refractivity (Wildman–Crippen MR) is 81.5 cm³/mol. The molecule has 1 saturated heterocycles. The highest BCUT2D eigenvalue weighted by atomic mass is 15.2. The number of aromatic nitrogens is 1. The molecule has 0 saturated carbocycles. The number of nitrogens with one attached hydrogen (secondary N) is 1. The van der Waals surface area contributed by atoms with Crippen LogP contribution in [0.25, 0.3) is 0 Å². The highest BCUT2D eigenvalue weighted by Crippen LogP contribution is 2.30. The van der Waals surface area contributed by atoms with Crippen LogP contribution in [0, 0.1) is 11.8 Å². The second-order valence-corrected chi connectivity index (χ2v) is 5.95. The summed E-state index contributed by atoms with van der Waals surface area (Å²) in [7, 11) is 0. The summed E-state index contributed by atoms with van der Waals surface area (Å²) in [5, 5.41) is 3.57. The van der Waals surface area contributed by atoms with Gasteiger partial charge in [-0.25, -0.2) is 4.98 Å². The molecule has 3 nitrogen and oxygen atoms in total. The van der Waals surface area contributed by atoms with Gasteiger partial charge in [-0.1, -0.05) is 26.8 Å². The molecule has 1 aliphatic rings. The van der Waals surface area contributed by atoms with Gasteiger partial charge in [-0.2, -0.15) is 0 Å². The third-order valence-electron chi connectivity index (χ3n) is 4.27. The first-order valence-electron chi connectivity index (χ1n) is 7.56. The molecule has 0 spiro atoms. The van der Waals surface area contributed by atoms with Gasteiger partial charge in [0.05, 0.1) is 0 Å². The fourth-order valence-corrected chi connectivity index (χ4v) is 2.79. The molecule has 3 unspecified atom stereocenters. The Morgan fingerprint density at radius 1 is 1.37 bits per heavy atom. The molecule has 106 valence electrons. The summed E-state index contributed by atoms with van der Waals surface area (Å²) >= 11 is 0. The zero-order valence-corrected chi connectivity index (χ0v) is 12.7. The average molecular weight is 261 g/mol. The Morgan fingerprint density at radius 3 is 2.68 bits per heavy atom. The minimum atomic E-state index is 0.370. The van der Waals surface area contributed by atoms with E-state index in [4.69, 9.17) is 0 Å². The zero-order valence-electron chi connectivity index (χ0n) is 12.7. The zero-order chi connectivity index (χ0) is 13.8. The Kier molecular flexibility index (Phi) is 4.81. The van der Waals surface area contributed by atoms with Gasteiger partial charge in [-0.15, -0.1) is 0 Å². The molecule has 1 N–H and O–H groups in total. The van der Waals surface area contributed by atoms with Crippen LogP contribution in [0.5, 0.6) is 0 Å². The molecule has 1 aromatic heterocycles. The van der Waals surface area contributed by atoms with Crippen molar-refractivity contribution in [1.82, 2.24) is 10.3 Å². The molecule has 0 amide bonds. The van der Waals surface area contributed by atoms with Gasteiger partial charge in [0.25, 0.3) is 0 Å². The van der Waals surface area contributed by atoms with Crippen LogP contribution in [0.1, 0.15) is 45.7 Å². The summed E-state index contributed by atoms with van der Waals surface area (Å²) in [5.74, 6) is 2.69. The van der Waals surface area contributed by atoms with Crippen LogP contribution in [-0.2, 0) is 0 Å². The topological polar surface area (TPSA) is 28.2 Å². The summed E-state index contributed by atoms with van der Waals surface area (Å²) < 4.78 is 0. The van der Waals surface area contributed by atoms with Crippen molar-refractivity contribution in [3.8, 4) is 0 Å². The second kappa shape index (κ2) is 6.38. The molecule has 1 fully saturated rings. The van der Waals surface area contributed by atoms with E-state index in [0.29, 0.717) is 6.04 Å². The van der Waals surface area contributed by atoms with Crippen LogP contribution >= 0.6 is 0 Å². The summed E-state index contributed by atoms with van der Waals surface area (Å²) in [6, 6.07) is 4.63. The van der Waals surface area contributed by atoms with Gasteiger partial charge in [-0.3, -0.25) is 0 Å². The first-order chi connectivity index (χ1) is 9.13. The summed E-state index contributed by atoms with van der Waals surface area (Å²) in [6.45, 7) is 12.4. The molecule has 0 aliphatic carbocycles. The molecule has 0 radical (unpaired) electrons. The van der Waals surface area contributed by atoms with Crippen molar-refractivity contribution in [1.29, 1.82) is 0 Å². The normalized spacial score (nSPS) is 24.7. The lowest BCUT2D eigenvalue weighted by molar-refractivity contribution is 0.494. The summed E-state index contributed by atoms with van der Waals surface area (Å²) in [4.78, 5) is 7.10. The number of rotatable bonds is 5. The van der Waals surface area contributed by atoms with Gasteiger partial charge < -0.3 is 10.2 Å². The average Bonchev–Trinajstić information content (AvgIpc) is 2.76. The molecular formula is C16H27N3. The minimum absolute atomic E-state index is 0.370. The van der Waals surface area contributed by atoms with Gasteiger partial charge in [-0.05, 0) is 37.8 Å². The monoisotopic (exact) mass is 261 g/mol. The summed E-state index contributed by atoms with van der Waals surface area (Å²) in [5.41, 5.74) is 1.33. The number of anilines is 1. The maximum atomic E-state index is 4.64. The molecule has 3 heteroatoms. The highest BCUT2D eigenvalue weighted by Gasteiger charge is 2.28.